The third-order valence-electron chi connectivity index (χ3n) is 3.72. The molecule has 23 heavy (non-hydrogen) atoms. The van der Waals surface area contributed by atoms with Crippen LogP contribution in [-0.2, 0) is 0 Å². The molecule has 0 unspecified atom stereocenters. The molecule has 0 aliphatic heterocycles. The minimum absolute atomic E-state index is 0.591. The van der Waals surface area contributed by atoms with Gasteiger partial charge >= 0.3 is 0 Å². The largest absolute Gasteiger partial charge is 0.436 e. The summed E-state index contributed by atoms with van der Waals surface area (Å²) in [6, 6.07) is 21.2. The molecule has 0 amide bonds. The molecule has 0 saturated heterocycles. The van der Waals surface area contributed by atoms with Gasteiger partial charge in [0.2, 0.25) is 5.89 Å². The van der Waals surface area contributed by atoms with Crippen molar-refractivity contribution in [2.45, 2.75) is 0 Å². The van der Waals surface area contributed by atoms with Crippen LogP contribution in [0, 0.1) is 0 Å². The first-order valence-corrected chi connectivity index (χ1v) is 7.59. The van der Waals surface area contributed by atoms with E-state index in [2.05, 4.69) is 4.98 Å². The fourth-order valence-electron chi connectivity index (χ4n) is 2.50. The Balaban J connectivity index is 1.77. The lowest BCUT2D eigenvalue weighted by atomic mass is 10.1. The molecule has 112 valence electrons. The van der Waals surface area contributed by atoms with E-state index in [4.69, 9.17) is 21.8 Å². The Morgan fingerprint density at radius 1 is 0.783 bits per heavy atom. The van der Waals surface area contributed by atoms with E-state index in [1.165, 1.54) is 0 Å². The van der Waals surface area contributed by atoms with Crippen molar-refractivity contribution in [3.8, 4) is 22.6 Å². The maximum Gasteiger partial charge on any atom is 0.227 e. The number of anilines is 1. The molecule has 0 aliphatic carbocycles. The van der Waals surface area contributed by atoms with Gasteiger partial charge < -0.3 is 10.2 Å². The Bertz CT molecular complexity index is 929. The zero-order valence-electron chi connectivity index (χ0n) is 12.2. The summed E-state index contributed by atoms with van der Waals surface area (Å²) in [4.78, 5) is 4.58. The van der Waals surface area contributed by atoms with Crippen molar-refractivity contribution in [3.63, 3.8) is 0 Å². The van der Waals surface area contributed by atoms with Gasteiger partial charge in [-0.3, -0.25) is 0 Å². The Morgan fingerprint density at radius 3 is 2.17 bits per heavy atom. The summed E-state index contributed by atoms with van der Waals surface area (Å²) >= 11 is 5.94. The van der Waals surface area contributed by atoms with Crippen molar-refractivity contribution in [2.24, 2.45) is 0 Å². The molecular formula is C19H13ClN2O. The van der Waals surface area contributed by atoms with Gasteiger partial charge in [-0.1, -0.05) is 29.8 Å². The maximum atomic E-state index is 5.94. The van der Waals surface area contributed by atoms with Crippen LogP contribution in [-0.4, -0.2) is 4.98 Å². The first-order chi connectivity index (χ1) is 11.2. The second-order valence-corrected chi connectivity index (χ2v) is 5.77. The minimum atomic E-state index is 0.591. The van der Waals surface area contributed by atoms with Crippen LogP contribution in [0.2, 0.25) is 5.02 Å². The lowest BCUT2D eigenvalue weighted by molar-refractivity contribution is 0.620. The second kappa shape index (κ2) is 5.45. The molecule has 0 fully saturated rings. The van der Waals surface area contributed by atoms with Gasteiger partial charge in [0, 0.05) is 16.3 Å². The molecule has 2 N–H and O–H groups in total. The molecule has 1 aromatic heterocycles. The van der Waals surface area contributed by atoms with Crippen molar-refractivity contribution in [3.05, 3.63) is 71.8 Å². The average Bonchev–Trinajstić information content (AvgIpc) is 2.99. The number of nitrogens with zero attached hydrogens (tertiary/aromatic N) is 1. The summed E-state index contributed by atoms with van der Waals surface area (Å²) in [5, 5.41) is 0.724. The number of rotatable bonds is 2. The molecule has 0 atom stereocenters. The first-order valence-electron chi connectivity index (χ1n) is 7.21. The fraction of sp³-hybridized carbons (Fsp3) is 0. The van der Waals surface area contributed by atoms with Crippen LogP contribution >= 0.6 is 11.6 Å². The van der Waals surface area contributed by atoms with Crippen LogP contribution < -0.4 is 5.73 Å². The van der Waals surface area contributed by atoms with Gasteiger partial charge in [-0.15, -0.1) is 0 Å². The van der Waals surface area contributed by atoms with E-state index in [1.54, 1.807) is 0 Å². The summed E-state index contributed by atoms with van der Waals surface area (Å²) in [7, 11) is 0. The highest BCUT2D eigenvalue weighted by molar-refractivity contribution is 6.30. The van der Waals surface area contributed by atoms with E-state index in [1.807, 2.05) is 66.7 Å². The van der Waals surface area contributed by atoms with Gasteiger partial charge in [0.15, 0.2) is 5.58 Å². The van der Waals surface area contributed by atoms with Gasteiger partial charge in [0.25, 0.3) is 0 Å². The van der Waals surface area contributed by atoms with Crippen molar-refractivity contribution >= 4 is 28.4 Å². The van der Waals surface area contributed by atoms with Gasteiger partial charge in [-0.2, -0.15) is 0 Å². The smallest absolute Gasteiger partial charge is 0.227 e. The van der Waals surface area contributed by atoms with Gasteiger partial charge in [-0.25, -0.2) is 4.98 Å². The zero-order valence-corrected chi connectivity index (χ0v) is 12.9. The van der Waals surface area contributed by atoms with E-state index in [-0.39, 0.29) is 0 Å². The summed E-state index contributed by atoms with van der Waals surface area (Å²) in [6.45, 7) is 0. The minimum Gasteiger partial charge on any atom is -0.436 e. The number of nitrogen functional groups attached to an aromatic ring is 1. The normalized spacial score (nSPS) is 11.0. The van der Waals surface area contributed by atoms with E-state index < -0.39 is 0 Å². The Kier molecular flexibility index (Phi) is 3.28. The molecule has 0 spiro atoms. The highest BCUT2D eigenvalue weighted by Crippen LogP contribution is 2.29. The molecule has 0 saturated carbocycles. The third-order valence-corrected chi connectivity index (χ3v) is 3.97. The Morgan fingerprint density at radius 2 is 1.43 bits per heavy atom. The summed E-state index contributed by atoms with van der Waals surface area (Å²) in [5.41, 5.74) is 11.1. The SMILES string of the molecule is Nc1ccc(-c2nc3cc(-c4ccc(Cl)cc4)ccc3o2)cc1. The van der Waals surface area contributed by atoms with Crippen LogP contribution in [0.25, 0.3) is 33.7 Å². The number of fused-ring (bicyclic) bond motifs is 1. The fourth-order valence-corrected chi connectivity index (χ4v) is 2.62. The highest BCUT2D eigenvalue weighted by Gasteiger charge is 2.09. The van der Waals surface area contributed by atoms with Crippen molar-refractivity contribution in [1.29, 1.82) is 0 Å². The Labute approximate surface area is 138 Å². The molecule has 3 nitrogen and oxygen atoms in total. The number of nitrogens with two attached hydrogens (primary N) is 1. The number of halogens is 1. The second-order valence-electron chi connectivity index (χ2n) is 5.33. The van der Waals surface area contributed by atoms with Crippen LogP contribution in [0.1, 0.15) is 0 Å². The van der Waals surface area contributed by atoms with Gasteiger partial charge in [0.05, 0.1) is 0 Å². The molecule has 4 aromatic rings. The van der Waals surface area contributed by atoms with Gasteiger partial charge in [-0.05, 0) is 59.7 Å². The van der Waals surface area contributed by atoms with E-state index >= 15 is 0 Å². The molecule has 0 radical (unpaired) electrons. The van der Waals surface area contributed by atoms with Crippen LogP contribution in [0.5, 0.6) is 0 Å². The lowest BCUT2D eigenvalue weighted by Gasteiger charge is -2.00. The molecule has 0 bridgehead atoms. The van der Waals surface area contributed by atoms with E-state index in [0.717, 1.165) is 38.5 Å². The lowest BCUT2D eigenvalue weighted by Crippen LogP contribution is -1.83. The number of hydrogen-bond acceptors (Lipinski definition) is 3. The average molecular weight is 321 g/mol. The predicted octanol–water partition coefficient (Wildman–Crippen LogP) is 5.40. The molecule has 1 heterocycles. The van der Waals surface area contributed by atoms with Crippen LogP contribution in [0.15, 0.2) is 71.1 Å². The predicted molar refractivity (Wildman–Crippen MR) is 94.3 cm³/mol. The summed E-state index contributed by atoms with van der Waals surface area (Å²) in [5.74, 6) is 0.591. The molecular weight excluding hydrogens is 308 g/mol. The number of oxazole rings is 1. The van der Waals surface area contributed by atoms with E-state index in [9.17, 15) is 0 Å². The number of hydrogen-bond donors (Lipinski definition) is 1. The molecule has 4 heteroatoms. The standard InChI is InChI=1S/C19H13ClN2O/c20-15-6-1-12(2-7-15)14-5-10-18-17(11-14)22-19(23-18)13-3-8-16(21)9-4-13/h1-11H,21H2. The van der Waals surface area contributed by atoms with Crippen molar-refractivity contribution in [1.82, 2.24) is 4.98 Å². The number of aromatic nitrogens is 1. The quantitative estimate of drug-likeness (QED) is 0.503. The maximum absolute atomic E-state index is 5.94. The van der Waals surface area contributed by atoms with E-state index in [0.29, 0.717) is 5.89 Å². The first kappa shape index (κ1) is 13.9. The highest BCUT2D eigenvalue weighted by atomic mass is 35.5. The van der Waals surface area contributed by atoms with Crippen molar-refractivity contribution < 1.29 is 4.42 Å². The zero-order chi connectivity index (χ0) is 15.8. The summed E-state index contributed by atoms with van der Waals surface area (Å²) in [6.07, 6.45) is 0. The van der Waals surface area contributed by atoms with Gasteiger partial charge in [0.1, 0.15) is 5.52 Å². The molecule has 0 aliphatic rings. The number of benzene rings is 3. The van der Waals surface area contributed by atoms with Crippen LogP contribution in [0.3, 0.4) is 0 Å². The van der Waals surface area contributed by atoms with Crippen molar-refractivity contribution in [2.75, 3.05) is 5.73 Å². The summed E-state index contributed by atoms with van der Waals surface area (Å²) < 4.78 is 5.83. The Hall–Kier alpha value is -2.78. The van der Waals surface area contributed by atoms with Crippen LogP contribution in [0.4, 0.5) is 5.69 Å². The molecule has 3 aromatic carbocycles. The third kappa shape index (κ3) is 2.67. The topological polar surface area (TPSA) is 52.0 Å². The molecule has 4 rings (SSSR count). The monoisotopic (exact) mass is 320 g/mol.